The van der Waals surface area contributed by atoms with Crippen molar-refractivity contribution in [2.45, 2.75) is 24.8 Å². The first kappa shape index (κ1) is 16.2. The minimum atomic E-state index is -0.319. The maximum atomic E-state index is 12.6. The van der Waals surface area contributed by atoms with Crippen LogP contribution in [0.25, 0.3) is 0 Å². The number of nitrogens with zero attached hydrogens (tertiary/aromatic N) is 1. The van der Waals surface area contributed by atoms with Crippen LogP contribution in [0.1, 0.15) is 24.3 Å². The van der Waals surface area contributed by atoms with E-state index < -0.39 is 0 Å². The molecule has 0 radical (unpaired) electrons. The third-order valence-corrected chi connectivity index (χ3v) is 5.51. The molecular formula is C21H20N2O4. The normalized spacial score (nSPS) is 25.6. The fourth-order valence-electron chi connectivity index (χ4n) is 3.91. The minimum Gasteiger partial charge on any atom is -0.454 e. The third kappa shape index (κ3) is 3.01. The summed E-state index contributed by atoms with van der Waals surface area (Å²) >= 11 is 0. The monoisotopic (exact) mass is 364 g/mol. The summed E-state index contributed by atoms with van der Waals surface area (Å²) in [5.74, 6) is 1.31. The maximum Gasteiger partial charge on any atom is 0.231 e. The highest BCUT2D eigenvalue weighted by Crippen LogP contribution is 2.41. The van der Waals surface area contributed by atoms with Crippen molar-refractivity contribution in [2.75, 3.05) is 18.2 Å². The number of anilines is 1. The van der Waals surface area contributed by atoms with Gasteiger partial charge in [-0.05, 0) is 24.1 Å². The van der Waals surface area contributed by atoms with Crippen molar-refractivity contribution >= 4 is 17.5 Å². The molecule has 1 saturated carbocycles. The predicted molar refractivity (Wildman–Crippen MR) is 98.8 cm³/mol. The molecule has 1 saturated heterocycles. The number of fused-ring (bicyclic) bond motifs is 1. The number of carbonyl (C=O) groups excluding carboxylic acids is 2. The van der Waals surface area contributed by atoms with E-state index in [9.17, 15) is 9.59 Å². The fraction of sp³-hybridized carbons (Fsp3) is 0.333. The van der Waals surface area contributed by atoms with Gasteiger partial charge in [0.1, 0.15) is 0 Å². The molecule has 2 aliphatic heterocycles. The summed E-state index contributed by atoms with van der Waals surface area (Å²) in [6.07, 6.45) is 1.20. The molecule has 3 atom stereocenters. The highest BCUT2D eigenvalue weighted by molar-refractivity contribution is 6.00. The number of amides is 2. The topological polar surface area (TPSA) is 67.9 Å². The van der Waals surface area contributed by atoms with Gasteiger partial charge in [0, 0.05) is 36.7 Å². The standard InChI is InChI=1S/C21H20N2O4/c24-20-8-14(11-23(20)15-6-7-18-19(9-15)27-12-26-18)21(25)22-17-10-16(17)13-4-2-1-3-5-13/h1-7,9,14,16-17H,8,10-12H2,(H,22,25). The van der Waals surface area contributed by atoms with Crippen LogP contribution in [0.3, 0.4) is 0 Å². The van der Waals surface area contributed by atoms with Crippen LogP contribution in [-0.2, 0) is 9.59 Å². The second kappa shape index (κ2) is 6.30. The molecule has 1 aliphatic carbocycles. The Morgan fingerprint density at radius 1 is 1.07 bits per heavy atom. The fourth-order valence-corrected chi connectivity index (χ4v) is 3.91. The van der Waals surface area contributed by atoms with Crippen molar-refractivity contribution < 1.29 is 19.1 Å². The van der Waals surface area contributed by atoms with Gasteiger partial charge >= 0.3 is 0 Å². The van der Waals surface area contributed by atoms with Gasteiger partial charge in [-0.15, -0.1) is 0 Å². The van der Waals surface area contributed by atoms with Crippen LogP contribution in [-0.4, -0.2) is 31.2 Å². The summed E-state index contributed by atoms with van der Waals surface area (Å²) in [4.78, 5) is 26.8. The van der Waals surface area contributed by atoms with Gasteiger partial charge in [-0.2, -0.15) is 0 Å². The number of carbonyl (C=O) groups is 2. The molecule has 6 heteroatoms. The molecule has 1 N–H and O–H groups in total. The Kier molecular flexibility index (Phi) is 3.77. The molecule has 0 spiro atoms. The van der Waals surface area contributed by atoms with Gasteiger partial charge in [-0.1, -0.05) is 30.3 Å². The number of ether oxygens (including phenoxy) is 2. The van der Waals surface area contributed by atoms with Gasteiger partial charge in [0.2, 0.25) is 18.6 Å². The lowest BCUT2D eigenvalue weighted by atomic mass is 10.1. The molecule has 2 fully saturated rings. The van der Waals surface area contributed by atoms with E-state index in [4.69, 9.17) is 9.47 Å². The molecule has 3 aliphatic rings. The van der Waals surface area contributed by atoms with E-state index in [1.54, 1.807) is 17.0 Å². The Balaban J connectivity index is 1.22. The summed E-state index contributed by atoms with van der Waals surface area (Å²) in [6.45, 7) is 0.592. The molecule has 5 rings (SSSR count). The van der Waals surface area contributed by atoms with Crippen LogP contribution in [0.2, 0.25) is 0 Å². The average Bonchev–Trinajstić information content (AvgIpc) is 3.11. The van der Waals surface area contributed by atoms with Crippen molar-refractivity contribution in [3.63, 3.8) is 0 Å². The summed E-state index contributed by atoms with van der Waals surface area (Å²) in [7, 11) is 0. The number of rotatable bonds is 4. The highest BCUT2D eigenvalue weighted by atomic mass is 16.7. The molecule has 138 valence electrons. The zero-order valence-electron chi connectivity index (χ0n) is 14.8. The second-order valence-electron chi connectivity index (χ2n) is 7.31. The van der Waals surface area contributed by atoms with Gasteiger partial charge in [0.15, 0.2) is 11.5 Å². The van der Waals surface area contributed by atoms with Gasteiger partial charge < -0.3 is 19.7 Å². The van der Waals surface area contributed by atoms with Crippen LogP contribution in [0, 0.1) is 5.92 Å². The molecule has 2 heterocycles. The van der Waals surface area contributed by atoms with E-state index in [1.807, 2.05) is 24.3 Å². The van der Waals surface area contributed by atoms with Gasteiger partial charge in [0.25, 0.3) is 0 Å². The Labute approximate surface area is 157 Å². The van der Waals surface area contributed by atoms with E-state index in [2.05, 4.69) is 17.4 Å². The molecule has 0 aromatic heterocycles. The molecule has 6 nitrogen and oxygen atoms in total. The number of nitrogens with one attached hydrogen (secondary N) is 1. The summed E-state index contributed by atoms with van der Waals surface area (Å²) in [6, 6.07) is 15.8. The zero-order chi connectivity index (χ0) is 18.4. The van der Waals surface area contributed by atoms with Crippen LogP contribution >= 0.6 is 0 Å². The Bertz CT molecular complexity index is 898. The zero-order valence-corrected chi connectivity index (χ0v) is 14.8. The number of benzene rings is 2. The molecule has 2 aromatic rings. The summed E-state index contributed by atoms with van der Waals surface area (Å²) in [5.41, 5.74) is 2.00. The Morgan fingerprint density at radius 2 is 1.89 bits per heavy atom. The first-order chi connectivity index (χ1) is 13.2. The van der Waals surface area contributed by atoms with Gasteiger partial charge in [0.05, 0.1) is 5.92 Å². The van der Waals surface area contributed by atoms with Crippen molar-refractivity contribution in [1.82, 2.24) is 5.32 Å². The molecule has 3 unspecified atom stereocenters. The Morgan fingerprint density at radius 3 is 2.74 bits per heavy atom. The highest BCUT2D eigenvalue weighted by Gasteiger charge is 2.42. The quantitative estimate of drug-likeness (QED) is 0.905. The summed E-state index contributed by atoms with van der Waals surface area (Å²) < 4.78 is 10.7. The van der Waals surface area contributed by atoms with E-state index in [-0.39, 0.29) is 37.0 Å². The van der Waals surface area contributed by atoms with Crippen molar-refractivity contribution in [3.05, 3.63) is 54.1 Å². The molecular weight excluding hydrogens is 344 g/mol. The molecule has 0 bridgehead atoms. The smallest absolute Gasteiger partial charge is 0.231 e. The van der Waals surface area contributed by atoms with Crippen LogP contribution in [0.15, 0.2) is 48.5 Å². The van der Waals surface area contributed by atoms with E-state index in [0.29, 0.717) is 24.0 Å². The minimum absolute atomic E-state index is 0.0324. The first-order valence-electron chi connectivity index (χ1n) is 9.24. The SMILES string of the molecule is O=C(NC1CC1c1ccccc1)C1CC(=O)N(c2ccc3c(c2)OCO3)C1. The Hall–Kier alpha value is -3.02. The second-order valence-corrected chi connectivity index (χ2v) is 7.31. The molecule has 27 heavy (non-hydrogen) atoms. The van der Waals surface area contributed by atoms with Crippen molar-refractivity contribution in [1.29, 1.82) is 0 Å². The summed E-state index contributed by atoms with van der Waals surface area (Å²) in [5, 5.41) is 3.12. The lowest BCUT2D eigenvalue weighted by molar-refractivity contribution is -0.126. The molecule has 2 amide bonds. The van der Waals surface area contributed by atoms with Crippen LogP contribution in [0.4, 0.5) is 5.69 Å². The van der Waals surface area contributed by atoms with Crippen LogP contribution in [0.5, 0.6) is 11.5 Å². The lowest BCUT2D eigenvalue weighted by Crippen LogP contribution is -2.34. The van der Waals surface area contributed by atoms with E-state index in [0.717, 1.165) is 12.1 Å². The number of hydrogen-bond acceptors (Lipinski definition) is 4. The maximum absolute atomic E-state index is 12.6. The largest absolute Gasteiger partial charge is 0.454 e. The van der Waals surface area contributed by atoms with Crippen molar-refractivity contribution in [3.8, 4) is 11.5 Å². The predicted octanol–water partition coefficient (Wildman–Crippen LogP) is 2.44. The molecule has 2 aromatic carbocycles. The lowest BCUT2D eigenvalue weighted by Gasteiger charge is -2.17. The van der Waals surface area contributed by atoms with E-state index >= 15 is 0 Å². The van der Waals surface area contributed by atoms with Gasteiger partial charge in [-0.25, -0.2) is 0 Å². The van der Waals surface area contributed by atoms with Crippen LogP contribution < -0.4 is 19.7 Å². The van der Waals surface area contributed by atoms with Gasteiger partial charge in [-0.3, -0.25) is 9.59 Å². The third-order valence-electron chi connectivity index (χ3n) is 5.51. The number of hydrogen-bond donors (Lipinski definition) is 1. The van der Waals surface area contributed by atoms with E-state index in [1.165, 1.54) is 5.56 Å². The average molecular weight is 364 g/mol. The first-order valence-corrected chi connectivity index (χ1v) is 9.24. The van der Waals surface area contributed by atoms with Crippen molar-refractivity contribution in [2.24, 2.45) is 5.92 Å².